The van der Waals surface area contributed by atoms with Crippen LogP contribution < -0.4 is 9.47 Å². The summed E-state index contributed by atoms with van der Waals surface area (Å²) in [6.45, 7) is 4.68. The van der Waals surface area contributed by atoms with E-state index < -0.39 is 5.41 Å². The van der Waals surface area contributed by atoms with Gasteiger partial charge in [0.05, 0.1) is 45.1 Å². The Morgan fingerprint density at radius 2 is 0.902 bits per heavy atom. The molecule has 1 aliphatic carbocycles. The van der Waals surface area contributed by atoms with Crippen molar-refractivity contribution in [2.75, 3.05) is 52.9 Å². The van der Waals surface area contributed by atoms with Crippen molar-refractivity contribution < 1.29 is 28.4 Å². The maximum Gasteiger partial charge on any atom is 0.124 e. The summed E-state index contributed by atoms with van der Waals surface area (Å²) < 4.78 is 35.0. The van der Waals surface area contributed by atoms with Crippen LogP contribution in [-0.2, 0) is 24.4 Å². The highest BCUT2D eigenvalue weighted by atomic mass is 16.6. The van der Waals surface area contributed by atoms with Crippen molar-refractivity contribution >= 4 is 0 Å². The van der Waals surface area contributed by atoms with Crippen molar-refractivity contribution in [3.63, 3.8) is 0 Å². The van der Waals surface area contributed by atoms with E-state index in [4.69, 9.17) is 28.4 Å². The maximum absolute atomic E-state index is 6.47. The summed E-state index contributed by atoms with van der Waals surface area (Å²) >= 11 is 0. The SMILES string of the molecule is c1ccc(C2(c3ccccc3OCCOCC3CO3)c3ccccc3-c3ccccc32)c(OCCOCC2CO2)c1. The smallest absolute Gasteiger partial charge is 0.124 e. The highest BCUT2D eigenvalue weighted by molar-refractivity contribution is 5.87. The third-order valence-electron chi connectivity index (χ3n) is 7.92. The average Bonchev–Trinajstić information content (AvgIpc) is 3.96. The number of rotatable bonds is 14. The number of fused-ring (bicyclic) bond motifs is 3. The van der Waals surface area contributed by atoms with Gasteiger partial charge in [-0.05, 0) is 34.4 Å². The zero-order valence-electron chi connectivity index (χ0n) is 23.0. The molecule has 0 amide bonds. The summed E-state index contributed by atoms with van der Waals surface area (Å²) in [5.74, 6) is 1.65. The van der Waals surface area contributed by atoms with Crippen LogP contribution in [0.5, 0.6) is 11.5 Å². The van der Waals surface area contributed by atoms with E-state index in [1.54, 1.807) is 0 Å². The molecule has 0 N–H and O–H groups in total. The summed E-state index contributed by atoms with van der Waals surface area (Å²) in [7, 11) is 0. The van der Waals surface area contributed by atoms with E-state index in [1.165, 1.54) is 22.3 Å². The van der Waals surface area contributed by atoms with Crippen LogP contribution in [0.25, 0.3) is 11.1 Å². The van der Waals surface area contributed by atoms with Crippen LogP contribution in [0.1, 0.15) is 22.3 Å². The fourth-order valence-electron chi connectivity index (χ4n) is 5.94. The Hall–Kier alpha value is -3.68. The number of hydrogen-bond acceptors (Lipinski definition) is 6. The standard InChI is InChI=1S/C35H34O6/c1-3-11-29-27(9-1)28-10-2-4-12-30(28)35(29,31-13-5-7-15-33(31)38-19-17-36-21-25-23-40-25)32-14-6-8-16-34(32)39-20-18-37-22-26-24-41-26/h1-16,25-26H,17-24H2. The minimum absolute atomic E-state index is 0.237. The molecule has 41 heavy (non-hydrogen) atoms. The van der Waals surface area contributed by atoms with Gasteiger partial charge in [-0.3, -0.25) is 0 Å². The van der Waals surface area contributed by atoms with E-state index in [1.807, 2.05) is 12.1 Å². The van der Waals surface area contributed by atoms with E-state index in [2.05, 4.69) is 84.9 Å². The molecule has 4 aromatic rings. The lowest BCUT2D eigenvalue weighted by Gasteiger charge is -2.36. The van der Waals surface area contributed by atoms with Gasteiger partial charge in [0.2, 0.25) is 0 Å². The molecule has 0 radical (unpaired) electrons. The minimum Gasteiger partial charge on any atom is -0.491 e. The number of benzene rings is 4. The summed E-state index contributed by atoms with van der Waals surface area (Å²) in [5, 5.41) is 0. The van der Waals surface area contributed by atoms with Crippen LogP contribution in [0.3, 0.4) is 0 Å². The number of hydrogen-bond donors (Lipinski definition) is 0. The minimum atomic E-state index is -0.647. The lowest BCUT2D eigenvalue weighted by molar-refractivity contribution is 0.0869. The summed E-state index contributed by atoms with van der Waals surface area (Å²) in [5.41, 5.74) is 6.34. The van der Waals surface area contributed by atoms with Gasteiger partial charge >= 0.3 is 0 Å². The van der Waals surface area contributed by atoms with Gasteiger partial charge in [0.25, 0.3) is 0 Å². The number of epoxide rings is 2. The van der Waals surface area contributed by atoms with E-state index in [0.29, 0.717) is 39.6 Å². The molecule has 4 aromatic carbocycles. The van der Waals surface area contributed by atoms with Gasteiger partial charge in [-0.1, -0.05) is 84.9 Å². The molecular weight excluding hydrogens is 516 g/mol. The first kappa shape index (κ1) is 26.2. The molecule has 3 aliphatic rings. The van der Waals surface area contributed by atoms with Crippen molar-refractivity contribution in [1.82, 2.24) is 0 Å². The molecular formula is C35H34O6. The molecule has 2 atom stereocenters. The zero-order chi connectivity index (χ0) is 27.5. The van der Waals surface area contributed by atoms with Crippen LogP contribution in [0, 0.1) is 0 Å². The van der Waals surface area contributed by atoms with E-state index >= 15 is 0 Å². The quantitative estimate of drug-likeness (QED) is 0.132. The molecule has 0 bridgehead atoms. The van der Waals surface area contributed by atoms with Gasteiger partial charge in [0, 0.05) is 11.1 Å². The third kappa shape index (κ3) is 5.24. The second-order valence-electron chi connectivity index (χ2n) is 10.6. The normalized spacial score (nSPS) is 19.3. The topological polar surface area (TPSA) is 62.0 Å². The third-order valence-corrected chi connectivity index (χ3v) is 7.92. The van der Waals surface area contributed by atoms with Gasteiger partial charge in [0.1, 0.15) is 36.9 Å². The number of para-hydroxylation sites is 2. The highest BCUT2D eigenvalue weighted by Gasteiger charge is 2.49. The van der Waals surface area contributed by atoms with Crippen molar-refractivity contribution in [2.45, 2.75) is 17.6 Å². The average molecular weight is 551 g/mol. The van der Waals surface area contributed by atoms with Crippen LogP contribution in [-0.4, -0.2) is 65.1 Å². The molecule has 6 nitrogen and oxygen atoms in total. The summed E-state index contributed by atoms with van der Waals surface area (Å²) in [4.78, 5) is 0. The Kier molecular flexibility index (Phi) is 7.46. The fourth-order valence-corrected chi connectivity index (χ4v) is 5.94. The lowest BCUT2D eigenvalue weighted by Crippen LogP contribution is -2.30. The Morgan fingerprint density at radius 1 is 0.512 bits per heavy atom. The molecule has 2 heterocycles. The van der Waals surface area contributed by atoms with Gasteiger partial charge < -0.3 is 28.4 Å². The van der Waals surface area contributed by atoms with E-state index in [9.17, 15) is 0 Å². The van der Waals surface area contributed by atoms with Crippen LogP contribution >= 0.6 is 0 Å². The first-order valence-electron chi connectivity index (χ1n) is 14.4. The zero-order valence-corrected chi connectivity index (χ0v) is 23.0. The Morgan fingerprint density at radius 3 is 1.34 bits per heavy atom. The molecule has 7 rings (SSSR count). The van der Waals surface area contributed by atoms with Gasteiger partial charge in [-0.25, -0.2) is 0 Å². The molecule has 2 saturated heterocycles. The van der Waals surface area contributed by atoms with Gasteiger partial charge in [-0.15, -0.1) is 0 Å². The second kappa shape index (κ2) is 11.7. The summed E-state index contributed by atoms with van der Waals surface area (Å²) in [6, 6.07) is 34.1. The fraction of sp³-hybridized carbons (Fsp3) is 0.314. The predicted molar refractivity (Wildman–Crippen MR) is 156 cm³/mol. The molecule has 2 aliphatic heterocycles. The second-order valence-corrected chi connectivity index (χ2v) is 10.6. The highest BCUT2D eigenvalue weighted by Crippen LogP contribution is 2.59. The first-order chi connectivity index (χ1) is 20.4. The molecule has 0 saturated carbocycles. The first-order valence-corrected chi connectivity index (χ1v) is 14.4. The van der Waals surface area contributed by atoms with Gasteiger partial charge in [0.15, 0.2) is 0 Å². The number of ether oxygens (including phenoxy) is 6. The molecule has 0 aromatic heterocycles. The Labute approximate surface area is 240 Å². The lowest BCUT2D eigenvalue weighted by atomic mass is 9.67. The molecule has 210 valence electrons. The maximum atomic E-state index is 6.47. The molecule has 2 unspecified atom stereocenters. The van der Waals surface area contributed by atoms with Crippen LogP contribution in [0.4, 0.5) is 0 Å². The molecule has 0 spiro atoms. The van der Waals surface area contributed by atoms with Crippen molar-refractivity contribution in [3.05, 3.63) is 119 Å². The van der Waals surface area contributed by atoms with Crippen molar-refractivity contribution in [3.8, 4) is 22.6 Å². The summed E-state index contributed by atoms with van der Waals surface area (Å²) in [6.07, 6.45) is 0.474. The monoisotopic (exact) mass is 550 g/mol. The van der Waals surface area contributed by atoms with E-state index in [0.717, 1.165) is 35.8 Å². The Balaban J connectivity index is 1.30. The van der Waals surface area contributed by atoms with Crippen molar-refractivity contribution in [1.29, 1.82) is 0 Å². The van der Waals surface area contributed by atoms with E-state index in [-0.39, 0.29) is 12.2 Å². The molecule has 6 heteroatoms. The Bertz CT molecular complexity index is 1380. The van der Waals surface area contributed by atoms with Crippen molar-refractivity contribution in [2.24, 2.45) is 0 Å². The predicted octanol–water partition coefficient (Wildman–Crippen LogP) is 5.64. The molecule has 2 fully saturated rings. The van der Waals surface area contributed by atoms with Gasteiger partial charge in [-0.2, -0.15) is 0 Å². The van der Waals surface area contributed by atoms with Crippen LogP contribution in [0.15, 0.2) is 97.1 Å². The van der Waals surface area contributed by atoms with Crippen LogP contribution in [0.2, 0.25) is 0 Å². The largest absolute Gasteiger partial charge is 0.491 e.